The predicted octanol–water partition coefficient (Wildman–Crippen LogP) is 4.85. The third-order valence-electron chi connectivity index (χ3n) is 4.90. The number of carbonyl (C=O) groups is 2. The minimum atomic E-state index is -0.612. The Labute approximate surface area is 153 Å². The van der Waals surface area contributed by atoms with Crippen molar-refractivity contribution in [1.82, 2.24) is 0 Å². The van der Waals surface area contributed by atoms with Gasteiger partial charge >= 0.3 is 5.97 Å². The summed E-state index contributed by atoms with van der Waals surface area (Å²) in [5, 5.41) is 0. The van der Waals surface area contributed by atoms with Crippen LogP contribution in [0.5, 0.6) is 0 Å². The molecule has 140 valence electrons. The number of Topliss-reactive ketones (excluding diaryl/α,β-unsaturated/α-hetero) is 1. The molecule has 0 unspecified atom stereocenters. The van der Waals surface area contributed by atoms with E-state index < -0.39 is 5.41 Å². The second-order valence-corrected chi connectivity index (χ2v) is 7.27. The van der Waals surface area contributed by atoms with Crippen molar-refractivity contribution in [3.8, 4) is 0 Å². The van der Waals surface area contributed by atoms with Crippen LogP contribution in [0.25, 0.3) is 0 Å². The van der Waals surface area contributed by atoms with Gasteiger partial charge in [-0.3, -0.25) is 9.59 Å². The fraction of sp³-hybridized carbons (Fsp3) is 0.636. The van der Waals surface area contributed by atoms with Crippen LogP contribution < -0.4 is 0 Å². The van der Waals surface area contributed by atoms with Gasteiger partial charge in [-0.2, -0.15) is 0 Å². The normalized spacial score (nSPS) is 11.4. The predicted molar refractivity (Wildman–Crippen MR) is 103 cm³/mol. The molecule has 0 saturated carbocycles. The number of hydrogen-bond acceptors (Lipinski definition) is 3. The summed E-state index contributed by atoms with van der Waals surface area (Å²) in [4.78, 5) is 24.6. The van der Waals surface area contributed by atoms with E-state index in [1.807, 2.05) is 13.8 Å². The van der Waals surface area contributed by atoms with Gasteiger partial charge in [0.2, 0.25) is 0 Å². The molecule has 0 atom stereocenters. The molecule has 0 radical (unpaired) electrons. The molecule has 1 aromatic carbocycles. The van der Waals surface area contributed by atoms with E-state index in [0.29, 0.717) is 25.9 Å². The number of rotatable bonds is 10. The van der Waals surface area contributed by atoms with Gasteiger partial charge in [0.15, 0.2) is 0 Å². The van der Waals surface area contributed by atoms with Crippen LogP contribution in [-0.4, -0.2) is 18.4 Å². The molecule has 0 spiro atoms. The van der Waals surface area contributed by atoms with Gasteiger partial charge in [-0.1, -0.05) is 32.9 Å². The van der Waals surface area contributed by atoms with Gasteiger partial charge in [0.1, 0.15) is 5.78 Å². The van der Waals surface area contributed by atoms with Gasteiger partial charge < -0.3 is 4.74 Å². The van der Waals surface area contributed by atoms with E-state index in [-0.39, 0.29) is 11.8 Å². The first kappa shape index (κ1) is 21.4. The van der Waals surface area contributed by atoms with E-state index in [1.165, 1.54) is 22.3 Å². The minimum Gasteiger partial charge on any atom is -0.466 e. The Morgan fingerprint density at radius 3 is 1.96 bits per heavy atom. The second-order valence-electron chi connectivity index (χ2n) is 7.27. The molecule has 0 amide bonds. The van der Waals surface area contributed by atoms with Crippen molar-refractivity contribution in [3.05, 3.63) is 34.4 Å². The van der Waals surface area contributed by atoms with E-state index in [1.54, 1.807) is 6.92 Å². The van der Waals surface area contributed by atoms with Gasteiger partial charge in [-0.25, -0.2) is 0 Å². The number of ether oxygens (including phenoxy) is 1. The van der Waals surface area contributed by atoms with Crippen molar-refractivity contribution in [2.75, 3.05) is 6.61 Å². The topological polar surface area (TPSA) is 43.4 Å². The zero-order valence-corrected chi connectivity index (χ0v) is 16.8. The Kier molecular flexibility index (Phi) is 8.34. The molecule has 0 aliphatic rings. The smallest absolute Gasteiger partial charge is 0.311 e. The molecule has 1 aromatic rings. The van der Waals surface area contributed by atoms with Gasteiger partial charge in [-0.05, 0) is 68.7 Å². The standard InChI is InChI=1S/C22H34O3/c1-7-16-13-17(8-2)20(18(9-3)14-16)15-19(23)11-12-22(5,6)21(24)25-10-4/h13-14H,7-12,15H2,1-6H3. The number of hydrogen-bond donors (Lipinski definition) is 0. The van der Waals surface area contributed by atoms with Crippen LogP contribution in [0.2, 0.25) is 0 Å². The Morgan fingerprint density at radius 2 is 1.52 bits per heavy atom. The summed E-state index contributed by atoms with van der Waals surface area (Å²) in [7, 11) is 0. The Hall–Kier alpha value is -1.64. The van der Waals surface area contributed by atoms with Crippen LogP contribution in [0.15, 0.2) is 12.1 Å². The molecule has 0 aromatic heterocycles. The Balaban J connectivity index is 2.85. The zero-order chi connectivity index (χ0) is 19.0. The summed E-state index contributed by atoms with van der Waals surface area (Å²) in [5.74, 6) is -0.0235. The first-order valence-electron chi connectivity index (χ1n) is 9.61. The average Bonchev–Trinajstić information content (AvgIpc) is 2.60. The van der Waals surface area contributed by atoms with Gasteiger partial charge in [0, 0.05) is 12.8 Å². The first-order valence-corrected chi connectivity index (χ1v) is 9.61. The maximum atomic E-state index is 12.6. The highest BCUT2D eigenvalue weighted by atomic mass is 16.5. The maximum Gasteiger partial charge on any atom is 0.311 e. The van der Waals surface area contributed by atoms with Crippen LogP contribution in [0, 0.1) is 5.41 Å². The fourth-order valence-electron chi connectivity index (χ4n) is 3.10. The van der Waals surface area contributed by atoms with Crippen LogP contribution in [0.1, 0.15) is 76.6 Å². The summed E-state index contributed by atoms with van der Waals surface area (Å²) in [6, 6.07) is 4.48. The molecule has 25 heavy (non-hydrogen) atoms. The largest absolute Gasteiger partial charge is 0.466 e. The van der Waals surface area contributed by atoms with Crippen LogP contribution >= 0.6 is 0 Å². The van der Waals surface area contributed by atoms with E-state index in [2.05, 4.69) is 32.9 Å². The number of esters is 1. The fourth-order valence-corrected chi connectivity index (χ4v) is 3.10. The van der Waals surface area contributed by atoms with Gasteiger partial charge in [-0.15, -0.1) is 0 Å². The molecule has 0 bridgehead atoms. The first-order chi connectivity index (χ1) is 11.8. The summed E-state index contributed by atoms with van der Waals surface area (Å²) in [5.41, 5.74) is 4.50. The van der Waals surface area contributed by atoms with Crippen molar-refractivity contribution in [3.63, 3.8) is 0 Å². The highest BCUT2D eigenvalue weighted by Gasteiger charge is 2.29. The zero-order valence-electron chi connectivity index (χ0n) is 16.8. The Morgan fingerprint density at radius 1 is 0.960 bits per heavy atom. The minimum absolute atomic E-state index is 0.200. The lowest BCUT2D eigenvalue weighted by Crippen LogP contribution is -2.27. The van der Waals surface area contributed by atoms with Crippen molar-refractivity contribution < 1.29 is 14.3 Å². The van der Waals surface area contributed by atoms with Crippen molar-refractivity contribution >= 4 is 11.8 Å². The summed E-state index contributed by atoms with van der Waals surface area (Å²) in [6.45, 7) is 12.3. The van der Waals surface area contributed by atoms with E-state index >= 15 is 0 Å². The molecule has 0 fully saturated rings. The molecule has 3 heteroatoms. The molecule has 0 N–H and O–H groups in total. The number of carbonyl (C=O) groups excluding carboxylic acids is 2. The van der Waals surface area contributed by atoms with Crippen LogP contribution in [0.4, 0.5) is 0 Å². The lowest BCUT2D eigenvalue weighted by atomic mass is 9.85. The maximum absolute atomic E-state index is 12.6. The summed E-state index contributed by atoms with van der Waals surface area (Å²) < 4.78 is 5.11. The molecule has 0 saturated heterocycles. The third kappa shape index (κ3) is 5.98. The molecule has 1 rings (SSSR count). The van der Waals surface area contributed by atoms with Crippen LogP contribution in [-0.2, 0) is 40.0 Å². The number of ketones is 1. The highest BCUT2D eigenvalue weighted by molar-refractivity contribution is 5.83. The molecule has 3 nitrogen and oxygen atoms in total. The lowest BCUT2D eigenvalue weighted by molar-refractivity contribution is -0.153. The quantitative estimate of drug-likeness (QED) is 0.569. The van der Waals surface area contributed by atoms with E-state index in [4.69, 9.17) is 4.74 Å². The SMILES string of the molecule is CCOC(=O)C(C)(C)CCC(=O)Cc1c(CC)cc(CC)cc1CC. The van der Waals surface area contributed by atoms with Crippen molar-refractivity contribution in [1.29, 1.82) is 0 Å². The van der Waals surface area contributed by atoms with Crippen LogP contribution in [0.3, 0.4) is 0 Å². The molecular formula is C22H34O3. The van der Waals surface area contributed by atoms with E-state index in [9.17, 15) is 9.59 Å². The van der Waals surface area contributed by atoms with Gasteiger partial charge in [0.25, 0.3) is 0 Å². The highest BCUT2D eigenvalue weighted by Crippen LogP contribution is 2.26. The monoisotopic (exact) mass is 346 g/mol. The molecular weight excluding hydrogens is 312 g/mol. The molecule has 0 aliphatic carbocycles. The number of aryl methyl sites for hydroxylation is 3. The summed E-state index contributed by atoms with van der Waals surface area (Å²) >= 11 is 0. The van der Waals surface area contributed by atoms with Crippen molar-refractivity contribution in [2.45, 2.75) is 80.1 Å². The third-order valence-corrected chi connectivity index (χ3v) is 4.90. The second kappa shape index (κ2) is 9.74. The van der Waals surface area contributed by atoms with Crippen molar-refractivity contribution in [2.24, 2.45) is 5.41 Å². The molecule has 0 aliphatic heterocycles. The van der Waals surface area contributed by atoms with Gasteiger partial charge in [0.05, 0.1) is 12.0 Å². The average molecular weight is 347 g/mol. The number of benzene rings is 1. The lowest BCUT2D eigenvalue weighted by Gasteiger charge is -2.22. The molecule has 0 heterocycles. The Bertz CT molecular complexity index is 574. The van der Waals surface area contributed by atoms with E-state index in [0.717, 1.165) is 19.3 Å². The summed E-state index contributed by atoms with van der Waals surface area (Å²) in [6.07, 6.45) is 4.31.